The highest BCUT2D eigenvalue weighted by atomic mass is 16.6. The van der Waals surface area contributed by atoms with Gasteiger partial charge in [0.1, 0.15) is 0 Å². The second-order valence-electron chi connectivity index (χ2n) is 10.7. The van der Waals surface area contributed by atoms with Gasteiger partial charge in [-0.05, 0) is 67.6 Å². The summed E-state index contributed by atoms with van der Waals surface area (Å²) in [5.74, 6) is 0.852. The van der Waals surface area contributed by atoms with Crippen molar-refractivity contribution in [2.24, 2.45) is 34.0 Å². The maximum Gasteiger partial charge on any atom is 0.165 e. The van der Waals surface area contributed by atoms with Crippen LogP contribution in [-0.2, 0) is 4.74 Å². The Morgan fingerprint density at radius 2 is 1.92 bits per heavy atom. The van der Waals surface area contributed by atoms with E-state index in [4.69, 9.17) is 4.74 Å². The standard InChI is InChI=1S/C23H38O3/c1-6-26-23(25)12-11-22(5)17-9-10-21(4)16(7-8-18(21)24)19(17)15(2)13-20(22,3)14-23/h9,15-16,18-19,24-25H,6-8,10-14H2,1-5H3/t15-,16?,18?,19?,20?,21+,22?,23?/m1/s1. The van der Waals surface area contributed by atoms with Crippen LogP contribution in [0.25, 0.3) is 0 Å². The summed E-state index contributed by atoms with van der Waals surface area (Å²) >= 11 is 0. The predicted molar refractivity (Wildman–Crippen MR) is 103 cm³/mol. The summed E-state index contributed by atoms with van der Waals surface area (Å²) in [7, 11) is 0. The van der Waals surface area contributed by atoms with Crippen LogP contribution >= 0.6 is 0 Å². The second-order valence-corrected chi connectivity index (χ2v) is 10.7. The molecule has 4 aliphatic carbocycles. The number of ether oxygens (including phenoxy) is 1. The van der Waals surface area contributed by atoms with Gasteiger partial charge in [0.2, 0.25) is 0 Å². The molecule has 3 heteroatoms. The quantitative estimate of drug-likeness (QED) is 0.554. The monoisotopic (exact) mass is 362 g/mol. The average Bonchev–Trinajstić information content (AvgIpc) is 2.85. The SMILES string of the molecule is CCOC1(O)CCC2(C)C3=CC[C@]4(C)C(O)CCC4C3[C@H](C)CC2(C)C1. The summed E-state index contributed by atoms with van der Waals surface area (Å²) in [6, 6.07) is 0. The van der Waals surface area contributed by atoms with Crippen LogP contribution in [0.15, 0.2) is 11.6 Å². The minimum atomic E-state index is -0.955. The van der Waals surface area contributed by atoms with Crippen molar-refractivity contribution in [1.29, 1.82) is 0 Å². The topological polar surface area (TPSA) is 49.7 Å². The molecule has 0 radical (unpaired) electrons. The van der Waals surface area contributed by atoms with Gasteiger partial charge in [0.25, 0.3) is 0 Å². The van der Waals surface area contributed by atoms with E-state index >= 15 is 0 Å². The number of allylic oxidation sites excluding steroid dienone is 2. The molecule has 8 atom stereocenters. The number of aliphatic hydroxyl groups excluding tert-OH is 1. The van der Waals surface area contributed by atoms with Crippen LogP contribution in [0.3, 0.4) is 0 Å². The average molecular weight is 363 g/mol. The first-order valence-electron chi connectivity index (χ1n) is 10.8. The third kappa shape index (κ3) is 2.36. The maximum atomic E-state index is 11.0. The molecule has 6 unspecified atom stereocenters. The lowest BCUT2D eigenvalue weighted by atomic mass is 9.41. The van der Waals surface area contributed by atoms with Crippen LogP contribution in [0, 0.1) is 34.0 Å². The lowest BCUT2D eigenvalue weighted by Gasteiger charge is -2.64. The third-order valence-corrected chi connectivity index (χ3v) is 9.36. The summed E-state index contributed by atoms with van der Waals surface area (Å²) in [6.45, 7) is 12.1. The van der Waals surface area contributed by atoms with E-state index in [9.17, 15) is 10.2 Å². The fourth-order valence-corrected chi connectivity index (χ4v) is 7.76. The third-order valence-electron chi connectivity index (χ3n) is 9.36. The number of rotatable bonds is 2. The van der Waals surface area contributed by atoms with Gasteiger partial charge in [-0.1, -0.05) is 39.3 Å². The molecule has 3 saturated carbocycles. The molecule has 0 bridgehead atoms. The van der Waals surface area contributed by atoms with Crippen molar-refractivity contribution in [2.45, 2.75) is 91.5 Å². The van der Waals surface area contributed by atoms with Crippen molar-refractivity contribution in [1.82, 2.24) is 0 Å². The molecule has 3 fully saturated rings. The smallest absolute Gasteiger partial charge is 0.165 e. The van der Waals surface area contributed by atoms with E-state index < -0.39 is 5.79 Å². The van der Waals surface area contributed by atoms with Gasteiger partial charge in [-0.3, -0.25) is 0 Å². The van der Waals surface area contributed by atoms with E-state index in [1.807, 2.05) is 6.92 Å². The molecular formula is C23H38O3. The highest BCUT2D eigenvalue weighted by molar-refractivity contribution is 5.32. The lowest BCUT2D eigenvalue weighted by molar-refractivity contribution is -0.262. The lowest BCUT2D eigenvalue weighted by Crippen LogP contribution is -2.59. The van der Waals surface area contributed by atoms with E-state index in [0.717, 1.165) is 38.5 Å². The zero-order valence-electron chi connectivity index (χ0n) is 17.3. The second kappa shape index (κ2) is 5.81. The van der Waals surface area contributed by atoms with Crippen molar-refractivity contribution in [3.63, 3.8) is 0 Å². The van der Waals surface area contributed by atoms with Crippen LogP contribution in [0.1, 0.15) is 79.6 Å². The Labute approximate surface area is 159 Å². The predicted octanol–water partition coefficient (Wildman–Crippen LogP) is 4.67. The van der Waals surface area contributed by atoms with E-state index in [0.29, 0.717) is 24.4 Å². The fourth-order valence-electron chi connectivity index (χ4n) is 7.76. The molecule has 3 nitrogen and oxygen atoms in total. The van der Waals surface area contributed by atoms with Gasteiger partial charge < -0.3 is 14.9 Å². The van der Waals surface area contributed by atoms with Gasteiger partial charge in [-0.25, -0.2) is 0 Å². The molecule has 26 heavy (non-hydrogen) atoms. The van der Waals surface area contributed by atoms with E-state index in [1.165, 1.54) is 6.42 Å². The Morgan fingerprint density at radius 3 is 2.62 bits per heavy atom. The van der Waals surface area contributed by atoms with Crippen LogP contribution in [-0.4, -0.2) is 28.7 Å². The largest absolute Gasteiger partial charge is 0.393 e. The Bertz CT molecular complexity index is 615. The number of aliphatic hydroxyl groups is 2. The first kappa shape index (κ1) is 19.0. The molecule has 148 valence electrons. The molecule has 0 aliphatic heterocycles. The van der Waals surface area contributed by atoms with Crippen LogP contribution in [0.5, 0.6) is 0 Å². The van der Waals surface area contributed by atoms with Crippen molar-refractivity contribution in [3.05, 3.63) is 11.6 Å². The van der Waals surface area contributed by atoms with Crippen molar-refractivity contribution < 1.29 is 14.9 Å². The van der Waals surface area contributed by atoms with Gasteiger partial charge in [0.05, 0.1) is 6.10 Å². The molecule has 4 aliphatic rings. The first-order chi connectivity index (χ1) is 12.1. The Morgan fingerprint density at radius 1 is 1.19 bits per heavy atom. The highest BCUT2D eigenvalue weighted by Gasteiger charge is 2.64. The fraction of sp³-hybridized carbons (Fsp3) is 0.913. The Balaban J connectivity index is 1.73. The maximum absolute atomic E-state index is 11.0. The van der Waals surface area contributed by atoms with Crippen molar-refractivity contribution in [3.8, 4) is 0 Å². The first-order valence-corrected chi connectivity index (χ1v) is 10.8. The molecule has 0 heterocycles. The Kier molecular flexibility index (Phi) is 4.24. The Hall–Kier alpha value is -0.380. The summed E-state index contributed by atoms with van der Waals surface area (Å²) in [6.07, 6.45) is 9.12. The van der Waals surface area contributed by atoms with Crippen LogP contribution in [0.2, 0.25) is 0 Å². The van der Waals surface area contributed by atoms with Gasteiger partial charge in [0, 0.05) is 24.9 Å². The molecule has 0 spiro atoms. The number of hydrogen-bond donors (Lipinski definition) is 2. The molecule has 2 N–H and O–H groups in total. The molecule has 0 amide bonds. The number of fused-ring (bicyclic) bond motifs is 5. The molecule has 0 aromatic rings. The summed E-state index contributed by atoms with van der Waals surface area (Å²) in [4.78, 5) is 0. The van der Waals surface area contributed by atoms with Crippen molar-refractivity contribution in [2.75, 3.05) is 6.61 Å². The van der Waals surface area contributed by atoms with Crippen LogP contribution in [0.4, 0.5) is 0 Å². The zero-order valence-corrected chi connectivity index (χ0v) is 17.3. The van der Waals surface area contributed by atoms with Gasteiger partial charge in [-0.2, -0.15) is 0 Å². The zero-order chi connectivity index (χ0) is 19.0. The minimum Gasteiger partial charge on any atom is -0.393 e. The summed E-state index contributed by atoms with van der Waals surface area (Å²) in [5, 5.41) is 21.7. The van der Waals surface area contributed by atoms with E-state index in [1.54, 1.807) is 5.57 Å². The molecule has 0 aromatic carbocycles. The van der Waals surface area contributed by atoms with Gasteiger partial charge >= 0.3 is 0 Å². The highest BCUT2D eigenvalue weighted by Crippen LogP contribution is 2.70. The summed E-state index contributed by atoms with van der Waals surface area (Å²) in [5.41, 5.74) is 1.92. The minimum absolute atomic E-state index is 0.0628. The van der Waals surface area contributed by atoms with Crippen molar-refractivity contribution >= 4 is 0 Å². The normalized spacial score (nSPS) is 56.3. The number of hydrogen-bond acceptors (Lipinski definition) is 3. The molecule has 0 aromatic heterocycles. The molecular weight excluding hydrogens is 324 g/mol. The molecule has 0 saturated heterocycles. The van der Waals surface area contributed by atoms with Gasteiger partial charge in [-0.15, -0.1) is 0 Å². The molecule has 4 rings (SSSR count). The van der Waals surface area contributed by atoms with E-state index in [-0.39, 0.29) is 22.3 Å². The van der Waals surface area contributed by atoms with E-state index in [2.05, 4.69) is 33.8 Å². The summed E-state index contributed by atoms with van der Waals surface area (Å²) < 4.78 is 5.80. The van der Waals surface area contributed by atoms with Gasteiger partial charge in [0.15, 0.2) is 5.79 Å². The van der Waals surface area contributed by atoms with Crippen LogP contribution < -0.4 is 0 Å².